The molecule has 0 radical (unpaired) electrons. The maximum Gasteiger partial charge on any atom is 0.490 e. The number of sulfone groups is 1. The Morgan fingerprint density at radius 1 is 1.14 bits per heavy atom. The Bertz CT molecular complexity index is 1410. The molecule has 1 amide bonds. The third-order valence-corrected chi connectivity index (χ3v) is 8.69. The number of ether oxygens (including phenoxy) is 1. The lowest BCUT2D eigenvalue weighted by Crippen LogP contribution is -2.30. The molecule has 0 saturated carbocycles. The third kappa shape index (κ3) is 10.5. The molecule has 14 heteroatoms. The summed E-state index contributed by atoms with van der Waals surface area (Å²) in [6.07, 6.45) is -3.37. The van der Waals surface area contributed by atoms with Crippen LogP contribution in [0, 0.1) is 20.8 Å². The van der Waals surface area contributed by atoms with Gasteiger partial charge >= 0.3 is 12.1 Å². The molecular weight excluding hydrogens is 589 g/mol. The molecule has 0 fully saturated rings. The number of carbonyl (C=O) groups is 2. The number of hydrogen-bond acceptors (Lipinski definition) is 8. The fourth-order valence-electron chi connectivity index (χ4n) is 4.39. The number of methoxy groups -OCH3 is 1. The van der Waals surface area contributed by atoms with Gasteiger partial charge in [-0.25, -0.2) is 13.2 Å². The first-order valence-corrected chi connectivity index (χ1v) is 15.2. The van der Waals surface area contributed by atoms with E-state index >= 15 is 0 Å². The van der Waals surface area contributed by atoms with Gasteiger partial charge in [0.1, 0.15) is 17.5 Å². The summed E-state index contributed by atoms with van der Waals surface area (Å²) in [7, 11) is -0.117. The molecule has 0 aromatic heterocycles. The van der Waals surface area contributed by atoms with E-state index in [1.807, 2.05) is 20.9 Å². The highest BCUT2D eigenvalue weighted by Crippen LogP contribution is 2.30. The van der Waals surface area contributed by atoms with Crippen molar-refractivity contribution in [3.63, 3.8) is 0 Å². The van der Waals surface area contributed by atoms with Crippen LogP contribution < -0.4 is 15.4 Å². The van der Waals surface area contributed by atoms with Gasteiger partial charge in [-0.3, -0.25) is 9.79 Å². The Morgan fingerprint density at radius 3 is 2.30 bits per heavy atom. The van der Waals surface area contributed by atoms with Crippen LogP contribution in [0.15, 0.2) is 40.2 Å². The highest BCUT2D eigenvalue weighted by atomic mass is 32.2. The van der Waals surface area contributed by atoms with Crippen molar-refractivity contribution in [2.45, 2.75) is 51.1 Å². The smallest absolute Gasteiger partial charge is 0.490 e. The number of hydrogen-bond donors (Lipinski definition) is 3. The molecule has 3 rings (SSSR count). The lowest BCUT2D eigenvalue weighted by molar-refractivity contribution is -0.192. The number of halogens is 3. The van der Waals surface area contributed by atoms with Crippen LogP contribution in [-0.4, -0.2) is 88.5 Å². The van der Waals surface area contributed by atoms with E-state index < -0.39 is 22.0 Å². The van der Waals surface area contributed by atoms with E-state index in [1.54, 1.807) is 25.0 Å². The second-order valence-electron chi connectivity index (χ2n) is 10.1. The minimum Gasteiger partial charge on any atom is -0.496 e. The van der Waals surface area contributed by atoms with Gasteiger partial charge in [0.25, 0.3) is 0 Å². The number of alkyl halides is 3. The van der Waals surface area contributed by atoms with Crippen LogP contribution in [0.1, 0.15) is 40.7 Å². The first kappa shape index (κ1) is 35.5. The zero-order chi connectivity index (χ0) is 32.4. The highest BCUT2D eigenvalue weighted by molar-refractivity contribution is 7.91. The molecule has 0 unspecified atom stereocenters. The number of aryl methyl sites for hydroxylation is 1. The first-order valence-electron chi connectivity index (χ1n) is 13.6. The summed E-state index contributed by atoms with van der Waals surface area (Å²) in [6, 6.07) is 10.0. The van der Waals surface area contributed by atoms with Crippen molar-refractivity contribution >= 4 is 27.5 Å². The summed E-state index contributed by atoms with van der Waals surface area (Å²) in [4.78, 5) is 27.9. The zero-order valence-corrected chi connectivity index (χ0v) is 25.8. The number of benzene rings is 2. The number of nitrogens with one attached hydrogen (secondary N) is 2. The van der Waals surface area contributed by atoms with Crippen LogP contribution in [0.3, 0.4) is 0 Å². The molecule has 0 saturated heterocycles. The number of carboxylic acid groups (broad SMARTS) is 1. The molecule has 10 nitrogen and oxygen atoms in total. The molecule has 1 aliphatic rings. The van der Waals surface area contributed by atoms with Crippen molar-refractivity contribution in [1.29, 1.82) is 0 Å². The molecule has 3 N–H and O–H groups in total. The average molecular weight is 629 g/mol. The normalized spacial score (nSPS) is 13.0. The van der Waals surface area contributed by atoms with Gasteiger partial charge in [-0.15, -0.1) is 0 Å². The Morgan fingerprint density at radius 2 is 1.77 bits per heavy atom. The SMILES string of the molecule is COc1cc(C)c(S(=O)(=O)CNCCCC(=O)N(C)CCc2ccc(C3=NCCN3)cc2)c(C)c1C.O=C(O)C(F)(F)F. The lowest BCUT2D eigenvalue weighted by Gasteiger charge is -2.18. The molecule has 2 aromatic rings. The number of carboxylic acids is 1. The number of aliphatic imine (C=N–C) groups is 1. The summed E-state index contributed by atoms with van der Waals surface area (Å²) < 4.78 is 63.0. The van der Waals surface area contributed by atoms with E-state index in [9.17, 15) is 26.4 Å². The average Bonchev–Trinajstić information content (AvgIpc) is 3.48. The van der Waals surface area contributed by atoms with Gasteiger partial charge in [0.2, 0.25) is 5.91 Å². The molecule has 1 aliphatic heterocycles. The Hall–Kier alpha value is -3.65. The summed E-state index contributed by atoms with van der Waals surface area (Å²) >= 11 is 0. The number of amidine groups is 1. The van der Waals surface area contributed by atoms with Crippen LogP contribution in [0.5, 0.6) is 5.75 Å². The summed E-state index contributed by atoms with van der Waals surface area (Å²) in [5.41, 5.74) is 4.47. The maximum atomic E-state index is 13.0. The number of amides is 1. The summed E-state index contributed by atoms with van der Waals surface area (Å²) in [6.45, 7) is 8.24. The van der Waals surface area contributed by atoms with Gasteiger partial charge in [0.05, 0.1) is 18.6 Å². The minimum absolute atomic E-state index is 0.0539. The Labute approximate surface area is 250 Å². The summed E-state index contributed by atoms with van der Waals surface area (Å²) in [5, 5.41) is 13.4. The first-order chi connectivity index (χ1) is 20.1. The van der Waals surface area contributed by atoms with Crippen LogP contribution in [0.4, 0.5) is 13.2 Å². The van der Waals surface area contributed by atoms with Gasteiger partial charge in [0.15, 0.2) is 9.84 Å². The van der Waals surface area contributed by atoms with Crippen molar-refractivity contribution in [3.8, 4) is 5.75 Å². The van der Waals surface area contributed by atoms with Crippen molar-refractivity contribution in [3.05, 3.63) is 58.1 Å². The number of aliphatic carboxylic acids is 1. The molecular formula is C29H39F3N4O6S. The van der Waals surface area contributed by atoms with Crippen molar-refractivity contribution in [2.75, 3.05) is 46.2 Å². The standard InChI is InChI=1S/C27H38N4O4S.C2HF3O2/c1-19-17-24(35-5)20(2)21(3)26(19)36(33,34)18-28-13-6-7-25(32)31(4)16-12-22-8-10-23(11-9-22)27-29-14-15-30-27;3-2(4,5)1(6)7/h8-11,17,28H,6-7,12-16,18H2,1-5H3,(H,29,30);(H,6,7). The molecule has 0 bridgehead atoms. The van der Waals surface area contributed by atoms with Gasteiger partial charge in [0, 0.05) is 32.1 Å². The van der Waals surface area contributed by atoms with Crippen molar-refractivity contribution in [1.82, 2.24) is 15.5 Å². The van der Waals surface area contributed by atoms with E-state index in [0.29, 0.717) is 47.7 Å². The highest BCUT2D eigenvalue weighted by Gasteiger charge is 2.38. The second kappa shape index (κ2) is 15.7. The fourth-order valence-corrected chi connectivity index (χ4v) is 6.11. The van der Waals surface area contributed by atoms with Crippen molar-refractivity contribution < 1.29 is 41.0 Å². The fraction of sp³-hybridized carbons (Fsp3) is 0.483. The van der Waals surface area contributed by atoms with Crippen LogP contribution in [0.25, 0.3) is 0 Å². The number of rotatable bonds is 12. The van der Waals surface area contributed by atoms with E-state index in [2.05, 4.69) is 39.9 Å². The topological polar surface area (TPSA) is 137 Å². The van der Waals surface area contributed by atoms with Crippen LogP contribution >= 0.6 is 0 Å². The monoisotopic (exact) mass is 628 g/mol. The Kier molecular flexibility index (Phi) is 13.0. The van der Waals surface area contributed by atoms with E-state index in [1.165, 1.54) is 5.56 Å². The minimum atomic E-state index is -5.08. The second-order valence-corrected chi connectivity index (χ2v) is 12.0. The molecule has 0 spiro atoms. The zero-order valence-electron chi connectivity index (χ0n) is 25.0. The summed E-state index contributed by atoms with van der Waals surface area (Å²) in [5.74, 6) is -1.24. The number of likely N-dealkylation sites (N-methyl/N-ethyl adjacent to an activating group) is 1. The molecule has 0 aliphatic carbocycles. The molecule has 1 heterocycles. The predicted molar refractivity (Wildman–Crippen MR) is 157 cm³/mol. The van der Waals surface area contributed by atoms with Crippen LogP contribution in [-0.2, 0) is 25.8 Å². The van der Waals surface area contributed by atoms with Gasteiger partial charge < -0.3 is 25.4 Å². The molecule has 43 heavy (non-hydrogen) atoms. The maximum absolute atomic E-state index is 13.0. The lowest BCUT2D eigenvalue weighted by atomic mass is 10.1. The van der Waals surface area contributed by atoms with E-state index in [4.69, 9.17) is 14.6 Å². The molecule has 2 aromatic carbocycles. The van der Waals surface area contributed by atoms with E-state index in [0.717, 1.165) is 36.5 Å². The molecule has 238 valence electrons. The largest absolute Gasteiger partial charge is 0.496 e. The predicted octanol–water partition coefficient (Wildman–Crippen LogP) is 3.41. The van der Waals surface area contributed by atoms with Gasteiger partial charge in [-0.05, 0) is 68.5 Å². The van der Waals surface area contributed by atoms with Crippen molar-refractivity contribution in [2.24, 2.45) is 4.99 Å². The Balaban J connectivity index is 0.000000821. The van der Waals surface area contributed by atoms with Crippen LogP contribution in [0.2, 0.25) is 0 Å². The molecule has 0 atom stereocenters. The van der Waals surface area contributed by atoms with Gasteiger partial charge in [-0.1, -0.05) is 24.3 Å². The number of carbonyl (C=O) groups excluding carboxylic acids is 1. The number of nitrogens with zero attached hydrogens (tertiary/aromatic N) is 2. The van der Waals surface area contributed by atoms with Gasteiger partial charge in [-0.2, -0.15) is 13.2 Å². The third-order valence-electron chi connectivity index (χ3n) is 6.85. The van der Waals surface area contributed by atoms with E-state index in [-0.39, 0.29) is 11.8 Å². The quantitative estimate of drug-likeness (QED) is 0.304.